The zero-order valence-corrected chi connectivity index (χ0v) is 26.9. The van der Waals surface area contributed by atoms with Crippen molar-refractivity contribution in [3.8, 4) is 22.4 Å². The minimum atomic E-state index is -0.402. The van der Waals surface area contributed by atoms with Crippen molar-refractivity contribution in [3.05, 3.63) is 84.4 Å². The van der Waals surface area contributed by atoms with Crippen molar-refractivity contribution in [2.24, 2.45) is 23.2 Å². The fourth-order valence-corrected chi connectivity index (χ4v) is 10.1. The van der Waals surface area contributed by atoms with Crippen molar-refractivity contribution in [3.63, 3.8) is 0 Å². The number of hydrogen-bond acceptors (Lipinski definition) is 7. The number of para-hydroxylation sites is 1. The lowest BCUT2D eigenvalue weighted by Crippen LogP contribution is -2.48. The number of fused-ring (bicyclic) bond motifs is 2. The van der Waals surface area contributed by atoms with E-state index in [9.17, 15) is 4.79 Å². The molecule has 232 valence electrons. The van der Waals surface area contributed by atoms with E-state index < -0.39 is 5.97 Å². The van der Waals surface area contributed by atoms with Crippen LogP contribution in [0, 0.1) is 30.1 Å². The average Bonchev–Trinajstić information content (AvgIpc) is 3.76. The predicted molar refractivity (Wildman–Crippen MR) is 181 cm³/mol. The predicted octanol–water partition coefficient (Wildman–Crippen LogP) is 8.53. The number of anilines is 2. The van der Waals surface area contributed by atoms with Crippen LogP contribution < -0.4 is 5.32 Å². The number of methoxy groups -OCH3 is 1. The standard InChI is InChI=1S/C37H36N6O2S/c1-22-29(19-39-43(22)21-37-16-23-13-24(17-37)15-25(14-23)18-37)28-11-12-42-31(20-38-34(42)33(28)35(44)45-2)26-7-9-27(10-8-26)40-36-41-30-5-3-4-6-32(30)46-36/h3-12,19-20,23-25H,13-18,21H2,1-2H3,(H,40,41). The number of carbonyl (C=O) groups excluding carboxylic acids is 1. The van der Waals surface area contributed by atoms with E-state index in [1.54, 1.807) is 11.3 Å². The molecule has 4 saturated carbocycles. The van der Waals surface area contributed by atoms with Gasteiger partial charge in [0.25, 0.3) is 0 Å². The third-order valence-electron chi connectivity index (χ3n) is 10.8. The van der Waals surface area contributed by atoms with Crippen LogP contribution in [-0.2, 0) is 11.3 Å². The van der Waals surface area contributed by atoms with Gasteiger partial charge >= 0.3 is 5.97 Å². The molecule has 46 heavy (non-hydrogen) atoms. The number of pyridine rings is 1. The van der Waals surface area contributed by atoms with Crippen LogP contribution in [-0.4, -0.2) is 37.2 Å². The van der Waals surface area contributed by atoms with E-state index in [0.29, 0.717) is 16.6 Å². The lowest BCUT2D eigenvalue weighted by Gasteiger charge is -2.56. The molecular formula is C37H36N6O2S. The molecule has 0 unspecified atom stereocenters. The van der Waals surface area contributed by atoms with Crippen LogP contribution >= 0.6 is 11.3 Å². The molecule has 4 bridgehead atoms. The number of imidazole rings is 1. The molecule has 0 atom stereocenters. The normalized spacial score (nSPS) is 23.4. The Morgan fingerprint density at radius 2 is 1.72 bits per heavy atom. The Labute approximate surface area is 271 Å². The first kappa shape index (κ1) is 27.8. The molecule has 4 aliphatic rings. The lowest BCUT2D eigenvalue weighted by atomic mass is 9.49. The molecule has 1 N–H and O–H groups in total. The van der Waals surface area contributed by atoms with Gasteiger partial charge in [0, 0.05) is 40.8 Å². The largest absolute Gasteiger partial charge is 0.465 e. The van der Waals surface area contributed by atoms with Gasteiger partial charge in [0.05, 0.1) is 35.4 Å². The molecule has 4 aliphatic carbocycles. The summed E-state index contributed by atoms with van der Waals surface area (Å²) in [7, 11) is 1.43. The van der Waals surface area contributed by atoms with E-state index in [1.165, 1.54) is 45.6 Å². The van der Waals surface area contributed by atoms with Gasteiger partial charge in [-0.25, -0.2) is 14.8 Å². The smallest absolute Gasteiger partial charge is 0.342 e. The summed E-state index contributed by atoms with van der Waals surface area (Å²) in [6.07, 6.45) is 14.1. The lowest BCUT2D eigenvalue weighted by molar-refractivity contribution is -0.0638. The first-order valence-corrected chi connectivity index (χ1v) is 17.1. The second-order valence-electron chi connectivity index (χ2n) is 13.8. The quantitative estimate of drug-likeness (QED) is 0.178. The van der Waals surface area contributed by atoms with Crippen LogP contribution in [0.25, 0.3) is 38.2 Å². The molecule has 4 fully saturated rings. The van der Waals surface area contributed by atoms with Crippen molar-refractivity contribution in [2.45, 2.75) is 52.0 Å². The highest BCUT2D eigenvalue weighted by atomic mass is 32.1. The maximum Gasteiger partial charge on any atom is 0.342 e. The van der Waals surface area contributed by atoms with Gasteiger partial charge < -0.3 is 10.1 Å². The summed E-state index contributed by atoms with van der Waals surface area (Å²) < 4.78 is 10.6. The van der Waals surface area contributed by atoms with Crippen LogP contribution in [0.2, 0.25) is 0 Å². The van der Waals surface area contributed by atoms with Gasteiger partial charge in [0.1, 0.15) is 5.56 Å². The number of nitrogens with one attached hydrogen (secondary N) is 1. The Hall–Kier alpha value is -4.50. The molecule has 4 aromatic heterocycles. The van der Waals surface area contributed by atoms with E-state index in [2.05, 4.69) is 40.1 Å². The van der Waals surface area contributed by atoms with Crippen LogP contribution in [0.3, 0.4) is 0 Å². The minimum absolute atomic E-state index is 0.370. The number of benzene rings is 2. The van der Waals surface area contributed by atoms with Gasteiger partial charge in [-0.2, -0.15) is 5.10 Å². The van der Waals surface area contributed by atoms with E-state index in [4.69, 9.17) is 14.8 Å². The number of aromatic nitrogens is 5. The van der Waals surface area contributed by atoms with Crippen molar-refractivity contribution in [1.82, 2.24) is 24.1 Å². The van der Waals surface area contributed by atoms with Gasteiger partial charge in [-0.15, -0.1) is 0 Å². The second-order valence-corrected chi connectivity index (χ2v) is 14.9. The summed E-state index contributed by atoms with van der Waals surface area (Å²) in [6, 6.07) is 18.3. The molecule has 2 aromatic carbocycles. The second kappa shape index (κ2) is 10.5. The Balaban J connectivity index is 1.02. The van der Waals surface area contributed by atoms with E-state index in [0.717, 1.165) is 73.4 Å². The maximum absolute atomic E-state index is 13.4. The summed E-state index contributed by atoms with van der Waals surface area (Å²) >= 11 is 1.63. The van der Waals surface area contributed by atoms with Gasteiger partial charge in [-0.3, -0.25) is 9.08 Å². The Bertz CT molecular complexity index is 2050. The molecule has 10 rings (SSSR count). The zero-order valence-electron chi connectivity index (χ0n) is 26.1. The monoisotopic (exact) mass is 628 g/mol. The summed E-state index contributed by atoms with van der Waals surface area (Å²) in [5, 5.41) is 9.19. The SMILES string of the molecule is COC(=O)c1c(-c2cnn(CC34CC5CC(CC(C5)C3)C4)c2C)ccn2c(-c3ccc(Nc4nc5ccccc5s4)cc3)cnc12. The van der Waals surface area contributed by atoms with Gasteiger partial charge in [0.2, 0.25) is 0 Å². The molecule has 0 aliphatic heterocycles. The van der Waals surface area contributed by atoms with Gasteiger partial charge in [0.15, 0.2) is 10.8 Å². The number of thiazole rings is 1. The van der Waals surface area contributed by atoms with E-state index in [-0.39, 0.29) is 0 Å². The Kier molecular flexibility index (Phi) is 6.35. The summed E-state index contributed by atoms with van der Waals surface area (Å²) in [5.74, 6) is 2.29. The molecule has 8 nitrogen and oxygen atoms in total. The number of carbonyl (C=O) groups is 1. The molecule has 0 amide bonds. The molecule has 6 aromatic rings. The third-order valence-corrected chi connectivity index (χ3v) is 11.8. The highest BCUT2D eigenvalue weighted by Crippen LogP contribution is 2.60. The fourth-order valence-electron chi connectivity index (χ4n) is 9.24. The number of hydrogen-bond donors (Lipinski definition) is 1. The van der Waals surface area contributed by atoms with Crippen molar-refractivity contribution >= 4 is 44.0 Å². The van der Waals surface area contributed by atoms with Crippen LogP contribution in [0.4, 0.5) is 10.8 Å². The fraction of sp³-hybridized carbons (Fsp3) is 0.351. The number of nitrogens with zero attached hydrogens (tertiary/aromatic N) is 5. The minimum Gasteiger partial charge on any atom is -0.465 e. The summed E-state index contributed by atoms with van der Waals surface area (Å²) in [5.41, 5.74) is 8.09. The average molecular weight is 629 g/mol. The number of esters is 1. The van der Waals surface area contributed by atoms with Crippen LogP contribution in [0.5, 0.6) is 0 Å². The van der Waals surface area contributed by atoms with E-state index >= 15 is 0 Å². The van der Waals surface area contributed by atoms with Crippen LogP contribution in [0.1, 0.15) is 54.6 Å². The summed E-state index contributed by atoms with van der Waals surface area (Å²) in [4.78, 5) is 22.8. The first-order chi connectivity index (χ1) is 22.4. The van der Waals surface area contributed by atoms with Gasteiger partial charge in [-0.05, 0) is 98.9 Å². The zero-order chi connectivity index (χ0) is 31.0. The molecular weight excluding hydrogens is 593 g/mol. The number of ether oxygens (including phenoxy) is 1. The topological polar surface area (TPSA) is 86.3 Å². The number of rotatable bonds is 7. The Morgan fingerprint density at radius 3 is 2.43 bits per heavy atom. The van der Waals surface area contributed by atoms with Crippen LogP contribution in [0.15, 0.2) is 73.2 Å². The highest BCUT2D eigenvalue weighted by molar-refractivity contribution is 7.22. The van der Waals surface area contributed by atoms with Crippen molar-refractivity contribution < 1.29 is 9.53 Å². The molecule has 0 spiro atoms. The highest BCUT2D eigenvalue weighted by Gasteiger charge is 2.51. The maximum atomic E-state index is 13.4. The summed E-state index contributed by atoms with van der Waals surface area (Å²) in [6.45, 7) is 3.10. The Morgan fingerprint density at radius 1 is 0.978 bits per heavy atom. The van der Waals surface area contributed by atoms with Gasteiger partial charge in [-0.1, -0.05) is 35.6 Å². The first-order valence-electron chi connectivity index (χ1n) is 16.3. The molecule has 0 radical (unpaired) electrons. The molecule has 9 heteroatoms. The van der Waals surface area contributed by atoms with Crippen molar-refractivity contribution in [1.29, 1.82) is 0 Å². The van der Waals surface area contributed by atoms with E-state index in [1.807, 2.05) is 59.4 Å². The third kappa shape index (κ3) is 4.54. The molecule has 4 heterocycles. The molecule has 0 saturated heterocycles. The van der Waals surface area contributed by atoms with Crippen molar-refractivity contribution in [2.75, 3.05) is 12.4 Å².